The molecule has 1 N–H and O–H groups in total. The lowest BCUT2D eigenvalue weighted by atomic mass is 9.78. The number of rotatable bonds is 3. The van der Waals surface area contributed by atoms with Gasteiger partial charge in [-0.15, -0.1) is 0 Å². The third-order valence-corrected chi connectivity index (χ3v) is 5.23. The SMILES string of the molecule is CC1(C)OB(c2ccc(C(=O)Nc3cc(Br)ccn3)cc2F)OC1(C)C. The van der Waals surface area contributed by atoms with Crippen molar-refractivity contribution in [3.8, 4) is 0 Å². The molecule has 3 rings (SSSR count). The average Bonchev–Trinajstić information content (AvgIpc) is 2.75. The first kappa shape index (κ1) is 19.0. The maximum atomic E-state index is 14.6. The van der Waals surface area contributed by atoms with Gasteiger partial charge in [-0.3, -0.25) is 4.79 Å². The lowest BCUT2D eigenvalue weighted by Gasteiger charge is -2.32. The number of hydrogen-bond donors (Lipinski definition) is 1. The van der Waals surface area contributed by atoms with E-state index in [0.717, 1.165) is 4.47 Å². The van der Waals surface area contributed by atoms with Crippen molar-refractivity contribution in [2.75, 3.05) is 5.32 Å². The first-order valence-electron chi connectivity index (χ1n) is 8.17. The van der Waals surface area contributed by atoms with Gasteiger partial charge in [-0.2, -0.15) is 0 Å². The van der Waals surface area contributed by atoms with E-state index in [-0.39, 0.29) is 11.0 Å². The molecule has 0 aliphatic carbocycles. The molecule has 2 heterocycles. The monoisotopic (exact) mass is 420 g/mol. The van der Waals surface area contributed by atoms with E-state index in [1.165, 1.54) is 18.2 Å². The number of benzene rings is 1. The van der Waals surface area contributed by atoms with Gasteiger partial charge in [0.25, 0.3) is 5.91 Å². The summed E-state index contributed by atoms with van der Waals surface area (Å²) in [7, 11) is -0.816. The zero-order valence-electron chi connectivity index (χ0n) is 15.0. The largest absolute Gasteiger partial charge is 0.497 e. The Morgan fingerprint density at radius 2 is 1.81 bits per heavy atom. The van der Waals surface area contributed by atoms with E-state index in [9.17, 15) is 9.18 Å². The summed E-state index contributed by atoms with van der Waals surface area (Å²) in [5, 5.41) is 2.63. The van der Waals surface area contributed by atoms with Crippen LogP contribution in [0.25, 0.3) is 0 Å². The van der Waals surface area contributed by atoms with Gasteiger partial charge in [0.15, 0.2) is 0 Å². The Kier molecular flexibility index (Phi) is 4.94. The van der Waals surface area contributed by atoms with Crippen molar-refractivity contribution in [2.45, 2.75) is 38.9 Å². The molecule has 1 aromatic carbocycles. The first-order valence-corrected chi connectivity index (χ1v) is 8.96. The number of pyridine rings is 1. The quantitative estimate of drug-likeness (QED) is 0.771. The molecule has 5 nitrogen and oxygen atoms in total. The second-order valence-corrected chi connectivity index (χ2v) is 8.05. The predicted octanol–water partition coefficient (Wildman–Crippen LogP) is 3.53. The summed E-state index contributed by atoms with van der Waals surface area (Å²) in [6.07, 6.45) is 1.56. The Bertz CT molecular complexity index is 844. The number of hydrogen-bond acceptors (Lipinski definition) is 4. The Morgan fingerprint density at radius 1 is 1.15 bits per heavy atom. The lowest BCUT2D eigenvalue weighted by molar-refractivity contribution is 0.00578. The number of amides is 1. The number of nitrogens with zero attached hydrogens (tertiary/aromatic N) is 1. The topological polar surface area (TPSA) is 60.5 Å². The standard InChI is InChI=1S/C18H19BBrFN2O3/c1-17(2)18(3,4)26-19(25-17)13-6-5-11(9-14(13)21)16(24)23-15-10-12(20)7-8-22-15/h5-10H,1-4H3,(H,22,23,24). The summed E-state index contributed by atoms with van der Waals surface area (Å²) in [6.45, 7) is 7.60. The highest BCUT2D eigenvalue weighted by molar-refractivity contribution is 9.10. The number of aromatic nitrogens is 1. The minimum Gasteiger partial charge on any atom is -0.399 e. The highest BCUT2D eigenvalue weighted by atomic mass is 79.9. The van der Waals surface area contributed by atoms with Gasteiger partial charge < -0.3 is 14.6 Å². The second kappa shape index (κ2) is 6.76. The Morgan fingerprint density at radius 3 is 2.38 bits per heavy atom. The number of nitrogens with one attached hydrogen (secondary N) is 1. The highest BCUT2D eigenvalue weighted by Gasteiger charge is 2.52. The fourth-order valence-electron chi connectivity index (χ4n) is 2.49. The summed E-state index contributed by atoms with van der Waals surface area (Å²) in [4.78, 5) is 16.4. The van der Waals surface area contributed by atoms with E-state index < -0.39 is 30.0 Å². The maximum Gasteiger partial charge on any atom is 0.497 e. The molecule has 1 saturated heterocycles. The second-order valence-electron chi connectivity index (χ2n) is 7.14. The summed E-state index contributed by atoms with van der Waals surface area (Å²) in [6, 6.07) is 7.63. The number of carbonyl (C=O) groups excluding carboxylic acids is 1. The molecular weight excluding hydrogens is 402 g/mol. The van der Waals surface area contributed by atoms with Gasteiger partial charge in [-0.25, -0.2) is 9.37 Å². The molecule has 136 valence electrons. The van der Waals surface area contributed by atoms with Crippen molar-refractivity contribution in [3.05, 3.63) is 52.4 Å². The molecule has 0 atom stereocenters. The summed E-state index contributed by atoms with van der Waals surface area (Å²) < 4.78 is 27.1. The molecule has 1 amide bonds. The van der Waals surface area contributed by atoms with Crippen molar-refractivity contribution in [2.24, 2.45) is 0 Å². The Labute approximate surface area is 160 Å². The van der Waals surface area contributed by atoms with Crippen molar-refractivity contribution >= 4 is 40.2 Å². The molecule has 0 unspecified atom stereocenters. The third-order valence-electron chi connectivity index (χ3n) is 4.73. The first-order chi connectivity index (χ1) is 12.1. The molecule has 1 aliphatic heterocycles. The highest BCUT2D eigenvalue weighted by Crippen LogP contribution is 2.36. The minimum atomic E-state index is -0.816. The number of halogens is 2. The van der Waals surface area contributed by atoms with Crippen molar-refractivity contribution in [3.63, 3.8) is 0 Å². The number of carbonyl (C=O) groups is 1. The van der Waals surface area contributed by atoms with E-state index in [4.69, 9.17) is 9.31 Å². The van der Waals surface area contributed by atoms with Gasteiger partial charge in [0.2, 0.25) is 0 Å². The van der Waals surface area contributed by atoms with Crippen molar-refractivity contribution in [1.82, 2.24) is 4.98 Å². The van der Waals surface area contributed by atoms with Crippen LogP contribution in [0.2, 0.25) is 0 Å². The van der Waals surface area contributed by atoms with Gasteiger partial charge in [0.1, 0.15) is 11.6 Å². The zero-order valence-corrected chi connectivity index (χ0v) is 16.6. The summed E-state index contributed by atoms with van der Waals surface area (Å²) in [5.74, 6) is -0.631. The van der Waals surface area contributed by atoms with Crippen LogP contribution in [0.4, 0.5) is 10.2 Å². The fraction of sp³-hybridized carbons (Fsp3) is 0.333. The zero-order chi connectivity index (χ0) is 19.1. The van der Waals surface area contributed by atoms with E-state index >= 15 is 0 Å². The molecule has 0 bridgehead atoms. The van der Waals surface area contributed by atoms with Crippen LogP contribution in [-0.4, -0.2) is 29.2 Å². The predicted molar refractivity (Wildman–Crippen MR) is 102 cm³/mol. The molecule has 26 heavy (non-hydrogen) atoms. The fourth-order valence-corrected chi connectivity index (χ4v) is 2.83. The van der Waals surface area contributed by atoms with Crippen LogP contribution in [0.3, 0.4) is 0 Å². The number of anilines is 1. The molecule has 0 saturated carbocycles. The molecule has 1 aliphatic rings. The van der Waals surface area contributed by atoms with Crippen LogP contribution < -0.4 is 10.8 Å². The van der Waals surface area contributed by atoms with E-state index in [1.54, 1.807) is 18.3 Å². The Hall–Kier alpha value is -1.77. The van der Waals surface area contributed by atoms with Crippen molar-refractivity contribution in [1.29, 1.82) is 0 Å². The van der Waals surface area contributed by atoms with Crippen LogP contribution in [-0.2, 0) is 9.31 Å². The van der Waals surface area contributed by atoms with Crippen LogP contribution in [0, 0.1) is 5.82 Å². The van der Waals surface area contributed by atoms with Crippen LogP contribution in [0.15, 0.2) is 41.0 Å². The maximum absolute atomic E-state index is 14.6. The van der Waals surface area contributed by atoms with Gasteiger partial charge in [0, 0.05) is 21.7 Å². The van der Waals surface area contributed by atoms with Crippen LogP contribution in [0.1, 0.15) is 38.1 Å². The van der Waals surface area contributed by atoms with Gasteiger partial charge >= 0.3 is 7.12 Å². The molecular formula is C18H19BBrFN2O3. The molecule has 0 spiro atoms. The average molecular weight is 421 g/mol. The lowest BCUT2D eigenvalue weighted by Crippen LogP contribution is -2.41. The van der Waals surface area contributed by atoms with E-state index in [1.807, 2.05) is 27.7 Å². The Balaban J connectivity index is 1.79. The molecule has 2 aromatic rings. The van der Waals surface area contributed by atoms with Crippen LogP contribution in [0.5, 0.6) is 0 Å². The third kappa shape index (κ3) is 3.67. The molecule has 1 fully saturated rings. The van der Waals surface area contributed by atoms with Gasteiger partial charge in [-0.05, 0) is 52.0 Å². The normalized spacial score (nSPS) is 18.0. The van der Waals surface area contributed by atoms with Gasteiger partial charge in [-0.1, -0.05) is 22.0 Å². The van der Waals surface area contributed by atoms with Gasteiger partial charge in [0.05, 0.1) is 11.2 Å². The van der Waals surface area contributed by atoms with E-state index in [2.05, 4.69) is 26.2 Å². The summed E-state index contributed by atoms with van der Waals surface area (Å²) >= 11 is 3.31. The van der Waals surface area contributed by atoms with Crippen molar-refractivity contribution < 1.29 is 18.5 Å². The molecule has 1 aromatic heterocycles. The van der Waals surface area contributed by atoms with E-state index in [0.29, 0.717) is 5.82 Å². The van der Waals surface area contributed by atoms with Crippen LogP contribution >= 0.6 is 15.9 Å². The minimum absolute atomic E-state index is 0.185. The molecule has 0 radical (unpaired) electrons. The molecule has 8 heteroatoms. The smallest absolute Gasteiger partial charge is 0.399 e. The summed E-state index contributed by atoms with van der Waals surface area (Å²) in [5.41, 5.74) is -0.677.